The summed E-state index contributed by atoms with van der Waals surface area (Å²) in [6.45, 7) is 0. The van der Waals surface area contributed by atoms with Gasteiger partial charge in [-0.25, -0.2) is 0 Å². The monoisotopic (exact) mass is 236 g/mol. The maximum absolute atomic E-state index is 10.6. The summed E-state index contributed by atoms with van der Waals surface area (Å²) in [6, 6.07) is 6.20. The Hall–Kier alpha value is -2.08. The topological polar surface area (TPSA) is 116 Å². The second kappa shape index (κ2) is 5.31. The van der Waals surface area contributed by atoms with Crippen LogP contribution in [0.15, 0.2) is 24.3 Å². The minimum Gasteiger partial charge on any atom is -0.480 e. The first-order chi connectivity index (χ1) is 7.91. The smallest absolute Gasteiger partial charge is 0.320 e. The van der Waals surface area contributed by atoms with Gasteiger partial charge >= 0.3 is 5.97 Å². The summed E-state index contributed by atoms with van der Waals surface area (Å²) in [6.07, 6.45) is 0.245. The molecular weight excluding hydrogens is 220 g/mol. The lowest BCUT2D eigenvalue weighted by atomic mass is 10.1. The van der Waals surface area contributed by atoms with Crippen LogP contribution < -0.4 is 16.4 Å². The van der Waals surface area contributed by atoms with Crippen molar-refractivity contribution in [1.29, 1.82) is 5.41 Å². The molecule has 0 saturated carbocycles. The number of nitrogens with one attached hydrogen (secondary N) is 1. The number of guanidine groups is 1. The van der Waals surface area contributed by atoms with Gasteiger partial charge in [-0.1, -0.05) is 12.1 Å². The number of hydrogen-bond donors (Lipinski definition) is 4. The van der Waals surface area contributed by atoms with Crippen LogP contribution in [0.4, 0.5) is 5.69 Å². The van der Waals surface area contributed by atoms with Gasteiger partial charge in [0.25, 0.3) is 0 Å². The molecule has 17 heavy (non-hydrogen) atoms. The van der Waals surface area contributed by atoms with E-state index in [2.05, 4.69) is 0 Å². The molecule has 1 atom stereocenters. The highest BCUT2D eigenvalue weighted by molar-refractivity contribution is 5.91. The molecule has 0 amide bonds. The number of carboxylic acid groups (broad SMARTS) is 1. The second-order valence-electron chi connectivity index (χ2n) is 3.76. The van der Waals surface area contributed by atoms with Gasteiger partial charge in [-0.2, -0.15) is 0 Å². The third kappa shape index (κ3) is 3.46. The maximum Gasteiger partial charge on any atom is 0.320 e. The van der Waals surface area contributed by atoms with Crippen LogP contribution in [0, 0.1) is 5.41 Å². The zero-order valence-corrected chi connectivity index (χ0v) is 9.55. The molecule has 0 spiro atoms. The zero-order valence-electron chi connectivity index (χ0n) is 9.55. The Morgan fingerprint density at radius 1 is 1.59 bits per heavy atom. The molecule has 0 aromatic heterocycles. The van der Waals surface area contributed by atoms with E-state index < -0.39 is 12.0 Å². The summed E-state index contributed by atoms with van der Waals surface area (Å²) in [5.41, 5.74) is 12.3. The van der Waals surface area contributed by atoms with Crippen molar-refractivity contribution >= 4 is 17.6 Å². The van der Waals surface area contributed by atoms with E-state index in [9.17, 15) is 4.79 Å². The van der Waals surface area contributed by atoms with Gasteiger partial charge in [0, 0.05) is 12.7 Å². The van der Waals surface area contributed by atoms with Gasteiger partial charge in [-0.05, 0) is 24.1 Å². The highest BCUT2D eigenvalue weighted by atomic mass is 16.4. The number of hydrogen-bond acceptors (Lipinski definition) is 3. The van der Waals surface area contributed by atoms with E-state index in [0.29, 0.717) is 0 Å². The van der Waals surface area contributed by atoms with Gasteiger partial charge in [0.2, 0.25) is 0 Å². The van der Waals surface area contributed by atoms with Crippen LogP contribution in [0.25, 0.3) is 0 Å². The number of aliphatic carboxylic acids is 1. The number of carboxylic acids is 1. The molecule has 0 heterocycles. The Morgan fingerprint density at radius 3 is 2.76 bits per heavy atom. The van der Waals surface area contributed by atoms with Crippen LogP contribution in [-0.4, -0.2) is 30.1 Å². The highest BCUT2D eigenvalue weighted by Crippen LogP contribution is 2.15. The minimum absolute atomic E-state index is 0.0790. The lowest BCUT2D eigenvalue weighted by molar-refractivity contribution is -0.138. The Kier molecular flexibility index (Phi) is 4.06. The molecule has 1 unspecified atom stereocenters. The third-order valence-corrected chi connectivity index (χ3v) is 2.43. The number of benzene rings is 1. The molecule has 0 saturated heterocycles. The molecular formula is C11H16N4O2. The fourth-order valence-electron chi connectivity index (χ4n) is 1.37. The minimum atomic E-state index is -1.03. The number of nitrogens with two attached hydrogens (primary N) is 2. The first-order valence-electron chi connectivity index (χ1n) is 5.07. The summed E-state index contributed by atoms with van der Waals surface area (Å²) < 4.78 is 0. The molecule has 6 heteroatoms. The summed E-state index contributed by atoms with van der Waals surface area (Å²) in [5, 5.41) is 16.0. The van der Waals surface area contributed by atoms with Crippen molar-refractivity contribution in [3.8, 4) is 0 Å². The standard InChI is InChI=1S/C11H16N4O2/c1-15(11(13)14)8-4-2-3-7(5-8)6-9(12)10(16)17/h2-5,9H,6,12H2,1H3,(H3,13,14)(H,16,17). The van der Waals surface area contributed by atoms with Crippen LogP contribution in [0.3, 0.4) is 0 Å². The lowest BCUT2D eigenvalue weighted by Crippen LogP contribution is -2.33. The van der Waals surface area contributed by atoms with Crippen molar-refractivity contribution in [1.82, 2.24) is 0 Å². The molecule has 0 bridgehead atoms. The largest absolute Gasteiger partial charge is 0.480 e. The van der Waals surface area contributed by atoms with E-state index in [-0.39, 0.29) is 12.4 Å². The fourth-order valence-corrected chi connectivity index (χ4v) is 1.37. The van der Waals surface area contributed by atoms with Crippen molar-refractivity contribution in [3.05, 3.63) is 29.8 Å². The predicted molar refractivity (Wildman–Crippen MR) is 66.1 cm³/mol. The summed E-state index contributed by atoms with van der Waals surface area (Å²) >= 11 is 0. The van der Waals surface area contributed by atoms with Crippen LogP contribution in [0.1, 0.15) is 5.56 Å². The number of carbonyl (C=O) groups is 1. The van der Waals surface area contributed by atoms with Crippen LogP contribution in [0.2, 0.25) is 0 Å². The van der Waals surface area contributed by atoms with E-state index >= 15 is 0 Å². The molecule has 1 rings (SSSR count). The summed E-state index contributed by atoms with van der Waals surface area (Å²) in [7, 11) is 1.67. The van der Waals surface area contributed by atoms with Gasteiger partial charge < -0.3 is 21.5 Å². The van der Waals surface area contributed by atoms with E-state index in [1.165, 1.54) is 4.90 Å². The highest BCUT2D eigenvalue weighted by Gasteiger charge is 2.13. The predicted octanol–water partition coefficient (Wildman–Crippen LogP) is -0.0293. The van der Waals surface area contributed by atoms with E-state index in [1.54, 1.807) is 31.3 Å². The Balaban J connectivity index is 2.86. The van der Waals surface area contributed by atoms with Crippen molar-refractivity contribution in [2.45, 2.75) is 12.5 Å². The molecule has 1 aromatic carbocycles. The molecule has 0 fully saturated rings. The van der Waals surface area contributed by atoms with Gasteiger partial charge in [-0.15, -0.1) is 0 Å². The van der Waals surface area contributed by atoms with Crippen molar-refractivity contribution in [3.63, 3.8) is 0 Å². The van der Waals surface area contributed by atoms with Crippen LogP contribution in [-0.2, 0) is 11.2 Å². The van der Waals surface area contributed by atoms with E-state index in [1.807, 2.05) is 0 Å². The van der Waals surface area contributed by atoms with Gasteiger partial charge in [0.1, 0.15) is 6.04 Å². The summed E-state index contributed by atoms with van der Waals surface area (Å²) in [5.74, 6) is -1.11. The Bertz CT molecular complexity index is 433. The molecule has 0 aliphatic carbocycles. The SMILES string of the molecule is CN(C(=N)N)c1cccc(CC(N)C(=O)O)c1. The average Bonchev–Trinajstić information content (AvgIpc) is 2.28. The van der Waals surface area contributed by atoms with Crippen LogP contribution in [0.5, 0.6) is 0 Å². The molecule has 0 aliphatic rings. The van der Waals surface area contributed by atoms with E-state index in [4.69, 9.17) is 22.0 Å². The number of nitrogens with zero attached hydrogens (tertiary/aromatic N) is 1. The molecule has 6 N–H and O–H groups in total. The third-order valence-electron chi connectivity index (χ3n) is 2.43. The first-order valence-corrected chi connectivity index (χ1v) is 5.07. The van der Waals surface area contributed by atoms with Crippen molar-refractivity contribution < 1.29 is 9.90 Å². The van der Waals surface area contributed by atoms with Gasteiger partial charge in [-0.3, -0.25) is 10.2 Å². The first kappa shape index (κ1) is 13.0. The van der Waals surface area contributed by atoms with Crippen molar-refractivity contribution in [2.24, 2.45) is 11.5 Å². The van der Waals surface area contributed by atoms with Crippen molar-refractivity contribution in [2.75, 3.05) is 11.9 Å². The molecule has 6 nitrogen and oxygen atoms in total. The molecule has 1 aromatic rings. The van der Waals surface area contributed by atoms with Crippen LogP contribution >= 0.6 is 0 Å². The number of anilines is 1. The Labute approximate surface area is 99.3 Å². The zero-order chi connectivity index (χ0) is 13.0. The van der Waals surface area contributed by atoms with Gasteiger partial charge in [0.05, 0.1) is 0 Å². The molecule has 0 radical (unpaired) electrons. The lowest BCUT2D eigenvalue weighted by Gasteiger charge is -2.17. The Morgan fingerprint density at radius 2 is 2.24 bits per heavy atom. The number of rotatable bonds is 4. The fraction of sp³-hybridized carbons (Fsp3) is 0.273. The second-order valence-corrected chi connectivity index (χ2v) is 3.76. The molecule has 92 valence electrons. The maximum atomic E-state index is 10.6. The normalized spacial score (nSPS) is 11.9. The van der Waals surface area contributed by atoms with Gasteiger partial charge in [0.15, 0.2) is 5.96 Å². The average molecular weight is 236 g/mol. The summed E-state index contributed by atoms with van der Waals surface area (Å²) in [4.78, 5) is 12.1. The molecule has 0 aliphatic heterocycles. The van der Waals surface area contributed by atoms with E-state index in [0.717, 1.165) is 11.3 Å². The quantitative estimate of drug-likeness (QED) is 0.432.